The van der Waals surface area contributed by atoms with E-state index in [0.29, 0.717) is 12.1 Å². The summed E-state index contributed by atoms with van der Waals surface area (Å²) in [6.07, 6.45) is -12.4. The van der Waals surface area contributed by atoms with E-state index in [0.717, 1.165) is 36.4 Å². The quantitative estimate of drug-likeness (QED) is 0.329. The molecule has 2 aromatic rings. The summed E-state index contributed by atoms with van der Waals surface area (Å²) in [4.78, 5) is 1.62. The lowest BCUT2D eigenvalue weighted by Gasteiger charge is -2.44. The Labute approximate surface area is 226 Å². The van der Waals surface area contributed by atoms with Gasteiger partial charge >= 0.3 is 18.0 Å². The van der Waals surface area contributed by atoms with Crippen molar-refractivity contribution in [2.75, 3.05) is 24.6 Å². The van der Waals surface area contributed by atoms with E-state index in [2.05, 4.69) is 0 Å². The van der Waals surface area contributed by atoms with Gasteiger partial charge in [0, 0.05) is 24.7 Å². The fourth-order valence-electron chi connectivity index (χ4n) is 5.57. The van der Waals surface area contributed by atoms with Crippen LogP contribution in [0.4, 0.5) is 35.1 Å². The molecule has 2 fully saturated rings. The summed E-state index contributed by atoms with van der Waals surface area (Å²) in [5.74, 6) is -0.847. The number of nitrogens with zero attached hydrogens (tertiary/aromatic N) is 1. The van der Waals surface area contributed by atoms with E-state index in [1.54, 1.807) is 0 Å². The Morgan fingerprint density at radius 3 is 1.70 bits per heavy atom. The van der Waals surface area contributed by atoms with Gasteiger partial charge in [-0.25, -0.2) is 25.6 Å². The van der Waals surface area contributed by atoms with E-state index in [4.69, 9.17) is 0 Å². The third-order valence-electron chi connectivity index (χ3n) is 7.89. The predicted molar refractivity (Wildman–Crippen MR) is 129 cm³/mol. The van der Waals surface area contributed by atoms with Crippen molar-refractivity contribution in [1.29, 1.82) is 0 Å². The van der Waals surface area contributed by atoms with Crippen LogP contribution in [0, 0.1) is 5.82 Å². The Morgan fingerprint density at radius 2 is 1.25 bits per heavy atom. The second-order valence-corrected chi connectivity index (χ2v) is 14.7. The smallest absolute Gasteiger partial charge is 0.298 e. The summed E-state index contributed by atoms with van der Waals surface area (Å²) < 4.78 is 157. The monoisotopic (exact) mass is 619 g/mol. The fourth-order valence-corrected chi connectivity index (χ4v) is 8.96. The van der Waals surface area contributed by atoms with Crippen LogP contribution >= 0.6 is 0 Å². The van der Waals surface area contributed by atoms with Crippen LogP contribution in [0.2, 0.25) is 0 Å². The van der Waals surface area contributed by atoms with Crippen LogP contribution in [0.3, 0.4) is 0 Å². The first-order chi connectivity index (χ1) is 18.3. The molecule has 1 saturated heterocycles. The number of benzene rings is 2. The summed E-state index contributed by atoms with van der Waals surface area (Å²) in [6.45, 7) is 0.486. The maximum absolute atomic E-state index is 14.6. The number of hydrogen-bond donors (Lipinski definition) is 0. The molecule has 1 heterocycles. The van der Waals surface area contributed by atoms with Gasteiger partial charge in [0.1, 0.15) is 10.6 Å². The molecule has 0 unspecified atom stereocenters. The summed E-state index contributed by atoms with van der Waals surface area (Å²) >= 11 is 0. The van der Waals surface area contributed by atoms with Crippen molar-refractivity contribution < 1.29 is 52.0 Å². The molecule has 40 heavy (non-hydrogen) atoms. The van der Waals surface area contributed by atoms with Gasteiger partial charge in [-0.2, -0.15) is 26.3 Å². The molecule has 0 N–H and O–H groups in total. The molecule has 2 aliphatic rings. The van der Waals surface area contributed by atoms with Crippen LogP contribution in [0.15, 0.2) is 53.4 Å². The number of hydrogen-bond acceptors (Lipinski definition) is 5. The van der Waals surface area contributed by atoms with E-state index >= 15 is 0 Å². The van der Waals surface area contributed by atoms with Crippen LogP contribution in [-0.4, -0.2) is 64.7 Å². The first-order valence-corrected chi connectivity index (χ1v) is 15.5. The van der Waals surface area contributed by atoms with Gasteiger partial charge < -0.3 is 0 Å². The van der Waals surface area contributed by atoms with Gasteiger partial charge in [0.25, 0.3) is 0 Å². The highest BCUT2D eigenvalue weighted by atomic mass is 32.2. The molecule has 5 nitrogen and oxygen atoms in total. The highest BCUT2D eigenvalue weighted by Crippen LogP contribution is 2.54. The fraction of sp³-hybridized carbons (Fsp3) is 0.520. The van der Waals surface area contributed by atoms with Crippen LogP contribution < -0.4 is 0 Å². The molecule has 4 rings (SSSR count). The summed E-state index contributed by atoms with van der Waals surface area (Å²) in [5.41, 5.74) is -7.55. The molecule has 1 saturated carbocycles. The minimum atomic E-state index is -6.33. The van der Waals surface area contributed by atoms with Crippen LogP contribution in [-0.2, 0) is 30.1 Å². The average molecular weight is 620 g/mol. The normalized spacial score (nSPS) is 25.1. The maximum atomic E-state index is 14.6. The van der Waals surface area contributed by atoms with Crippen molar-refractivity contribution in [3.63, 3.8) is 0 Å². The summed E-state index contributed by atoms with van der Waals surface area (Å²) in [5, 5.41) is 0. The second kappa shape index (κ2) is 10.2. The molecule has 0 atom stereocenters. The largest absolute Gasteiger partial charge is 0.435 e. The minimum absolute atomic E-state index is 0.0621. The zero-order valence-corrected chi connectivity index (χ0v) is 22.4. The van der Waals surface area contributed by atoms with Gasteiger partial charge in [-0.3, -0.25) is 4.90 Å². The number of rotatable bonds is 5. The van der Waals surface area contributed by atoms with E-state index in [9.17, 15) is 52.0 Å². The Balaban J connectivity index is 1.74. The summed E-state index contributed by atoms with van der Waals surface area (Å²) in [6, 6.07) is 5.75. The highest BCUT2D eigenvalue weighted by Gasteiger charge is 2.73. The molecule has 0 bridgehead atoms. The molecule has 0 amide bonds. The van der Waals surface area contributed by atoms with E-state index in [-0.39, 0.29) is 66.8 Å². The molecule has 222 valence electrons. The maximum Gasteiger partial charge on any atom is 0.435 e. The van der Waals surface area contributed by atoms with Gasteiger partial charge in [0.2, 0.25) is 0 Å². The standard InChI is InChI=1S/C25H25F8NO4S2/c26-19-5-7-21(8-6-19)40(37,38)22(11-9-20(10-12-22)34-13-15-39(35,36)16-14-34)17-1-3-18(4-2-17)23(27,24(28,29)30)25(31,32)33/h1-8,20H,9-16H2. The molecule has 2 aromatic carbocycles. The molecular formula is C25H25F8NO4S2. The van der Waals surface area contributed by atoms with Gasteiger partial charge in [-0.1, -0.05) is 24.3 Å². The highest BCUT2D eigenvalue weighted by molar-refractivity contribution is 7.92. The Hall–Kier alpha value is -2.26. The first kappa shape index (κ1) is 30.7. The van der Waals surface area contributed by atoms with Crippen molar-refractivity contribution in [1.82, 2.24) is 4.90 Å². The molecule has 1 aliphatic heterocycles. The van der Waals surface area contributed by atoms with Gasteiger partial charge in [-0.15, -0.1) is 0 Å². The Bertz CT molecular complexity index is 1400. The van der Waals surface area contributed by atoms with E-state index in [1.165, 1.54) is 0 Å². The van der Waals surface area contributed by atoms with Crippen molar-refractivity contribution in [2.24, 2.45) is 0 Å². The van der Waals surface area contributed by atoms with Gasteiger partial charge in [0.05, 0.1) is 16.4 Å². The van der Waals surface area contributed by atoms with Crippen molar-refractivity contribution in [2.45, 2.75) is 59.4 Å². The molecular weight excluding hydrogens is 594 g/mol. The Morgan fingerprint density at radius 1 is 0.775 bits per heavy atom. The number of halogens is 8. The molecule has 0 radical (unpaired) electrons. The topological polar surface area (TPSA) is 71.5 Å². The van der Waals surface area contributed by atoms with Crippen LogP contribution in [0.5, 0.6) is 0 Å². The van der Waals surface area contributed by atoms with Crippen LogP contribution in [0.25, 0.3) is 0 Å². The van der Waals surface area contributed by atoms with E-state index in [1.807, 2.05) is 4.90 Å². The SMILES string of the molecule is O=S1(=O)CCN(C2CCC(c3ccc(C(F)(C(F)(F)F)C(F)(F)F)cc3)(S(=O)(=O)c3ccc(F)cc3)CC2)CC1. The zero-order valence-electron chi connectivity index (χ0n) is 20.8. The number of alkyl halides is 7. The van der Waals surface area contributed by atoms with Gasteiger partial charge in [0.15, 0.2) is 19.7 Å². The lowest BCUT2D eigenvalue weighted by atomic mass is 9.79. The van der Waals surface area contributed by atoms with Crippen molar-refractivity contribution in [3.05, 3.63) is 65.5 Å². The average Bonchev–Trinajstić information content (AvgIpc) is 2.87. The molecule has 0 spiro atoms. The summed E-state index contributed by atoms with van der Waals surface area (Å²) in [7, 11) is -7.57. The first-order valence-electron chi connectivity index (χ1n) is 12.2. The van der Waals surface area contributed by atoms with Crippen LogP contribution in [0.1, 0.15) is 36.8 Å². The van der Waals surface area contributed by atoms with E-state index < -0.39 is 53.8 Å². The van der Waals surface area contributed by atoms with Crippen molar-refractivity contribution in [3.8, 4) is 0 Å². The van der Waals surface area contributed by atoms with Gasteiger partial charge in [-0.05, 0) is 55.5 Å². The molecule has 0 aromatic heterocycles. The molecule has 1 aliphatic carbocycles. The lowest BCUT2D eigenvalue weighted by molar-refractivity contribution is -0.348. The minimum Gasteiger partial charge on any atom is -0.298 e. The lowest BCUT2D eigenvalue weighted by Crippen LogP contribution is -2.51. The zero-order chi connectivity index (χ0) is 29.8. The number of sulfone groups is 2. The second-order valence-electron chi connectivity index (χ2n) is 10.1. The third-order valence-corrected chi connectivity index (χ3v) is 12.1. The third kappa shape index (κ3) is 5.24. The Kier molecular flexibility index (Phi) is 7.85. The van der Waals surface area contributed by atoms with Crippen molar-refractivity contribution >= 4 is 19.7 Å². The molecule has 15 heteroatoms. The predicted octanol–water partition coefficient (Wildman–Crippen LogP) is 5.46.